The predicted molar refractivity (Wildman–Crippen MR) is 48.4 cm³/mol. The average Bonchev–Trinajstić information content (AvgIpc) is 2.10. The van der Waals surface area contributed by atoms with E-state index in [9.17, 15) is 0 Å². The van der Waals surface area contributed by atoms with E-state index in [4.69, 9.17) is 14.2 Å². The van der Waals surface area contributed by atoms with Gasteiger partial charge in [0.25, 0.3) is 0 Å². The molecule has 0 aromatic rings. The van der Waals surface area contributed by atoms with Crippen LogP contribution < -0.4 is 0 Å². The van der Waals surface area contributed by atoms with Gasteiger partial charge >= 0.3 is 0 Å². The van der Waals surface area contributed by atoms with Gasteiger partial charge in [0.05, 0.1) is 55.9 Å². The first kappa shape index (κ1) is 12.3. The molecule has 12 heavy (non-hydrogen) atoms. The van der Waals surface area contributed by atoms with Crippen molar-refractivity contribution in [2.24, 2.45) is 0 Å². The van der Waals surface area contributed by atoms with Gasteiger partial charge in [-0.1, -0.05) is 0 Å². The molecule has 5 heteroatoms. The van der Waals surface area contributed by atoms with Crippen molar-refractivity contribution < 1.29 is 18.0 Å². The van der Waals surface area contributed by atoms with Crippen LogP contribution in [0.2, 0.25) is 0 Å². The fourth-order valence-electron chi connectivity index (χ4n) is 0.555. The van der Waals surface area contributed by atoms with E-state index in [-0.39, 0.29) is 0 Å². The number of rotatable bonds is 9. The zero-order valence-electron chi connectivity index (χ0n) is 7.25. The standard InChI is InChI=1S/C7H15BrO4/c1-9-2-3-10-4-5-11-6-7-12-8/h2-7H2,1H3. The summed E-state index contributed by atoms with van der Waals surface area (Å²) in [5, 5.41) is 0. The Hall–Kier alpha value is 0.320. The molecule has 0 saturated carbocycles. The second-order valence-electron chi connectivity index (χ2n) is 2.03. The normalized spacial score (nSPS) is 10.5. The summed E-state index contributed by atoms with van der Waals surface area (Å²) < 4.78 is 19.7. The highest BCUT2D eigenvalue weighted by Gasteiger charge is 1.89. The van der Waals surface area contributed by atoms with Crippen molar-refractivity contribution in [3.8, 4) is 0 Å². The monoisotopic (exact) mass is 242 g/mol. The SMILES string of the molecule is COCCOCCOCCOBr. The van der Waals surface area contributed by atoms with Crippen molar-refractivity contribution in [2.75, 3.05) is 46.8 Å². The lowest BCUT2D eigenvalue weighted by Gasteiger charge is -2.03. The molecule has 0 atom stereocenters. The van der Waals surface area contributed by atoms with Crippen molar-refractivity contribution in [3.05, 3.63) is 0 Å². The first-order valence-electron chi connectivity index (χ1n) is 3.79. The average molecular weight is 243 g/mol. The highest BCUT2D eigenvalue weighted by atomic mass is 79.9. The lowest BCUT2D eigenvalue weighted by atomic mass is 10.7. The number of hydrogen-bond donors (Lipinski definition) is 0. The van der Waals surface area contributed by atoms with Gasteiger partial charge in [0, 0.05) is 7.11 Å². The lowest BCUT2D eigenvalue weighted by molar-refractivity contribution is 0.0199. The summed E-state index contributed by atoms with van der Waals surface area (Å²) in [4.78, 5) is 0. The second-order valence-corrected chi connectivity index (χ2v) is 2.49. The number of hydrogen-bond acceptors (Lipinski definition) is 4. The number of ether oxygens (including phenoxy) is 3. The Balaban J connectivity index is 2.73. The van der Waals surface area contributed by atoms with E-state index < -0.39 is 0 Å². The fraction of sp³-hybridized carbons (Fsp3) is 1.00. The summed E-state index contributed by atoms with van der Waals surface area (Å²) >= 11 is 2.82. The summed E-state index contributed by atoms with van der Waals surface area (Å²) in [6, 6.07) is 0. The molecule has 0 radical (unpaired) electrons. The van der Waals surface area contributed by atoms with E-state index in [0.717, 1.165) is 0 Å². The van der Waals surface area contributed by atoms with Crippen LogP contribution in [0, 0.1) is 0 Å². The fourth-order valence-corrected chi connectivity index (χ4v) is 0.687. The van der Waals surface area contributed by atoms with Gasteiger partial charge in [-0.3, -0.25) is 0 Å². The first-order valence-corrected chi connectivity index (χ1v) is 4.44. The van der Waals surface area contributed by atoms with Gasteiger partial charge < -0.3 is 18.0 Å². The third-order valence-electron chi connectivity index (χ3n) is 1.11. The van der Waals surface area contributed by atoms with Gasteiger partial charge in [0.1, 0.15) is 0 Å². The molecule has 0 aliphatic heterocycles. The summed E-state index contributed by atoms with van der Waals surface area (Å²) in [5.74, 6) is 0. The van der Waals surface area contributed by atoms with Crippen molar-refractivity contribution in [2.45, 2.75) is 0 Å². The highest BCUT2D eigenvalue weighted by Crippen LogP contribution is 1.84. The van der Waals surface area contributed by atoms with Crippen molar-refractivity contribution >= 4 is 16.3 Å². The molecule has 0 aromatic heterocycles. The molecule has 74 valence electrons. The Labute approximate surface area is 81.6 Å². The third-order valence-corrected chi connectivity index (χ3v) is 1.43. The molecule has 0 bridgehead atoms. The van der Waals surface area contributed by atoms with Crippen molar-refractivity contribution in [1.29, 1.82) is 0 Å². The van der Waals surface area contributed by atoms with Crippen molar-refractivity contribution in [1.82, 2.24) is 0 Å². The molecule has 0 aliphatic carbocycles. The minimum Gasteiger partial charge on any atom is -0.382 e. The second kappa shape index (κ2) is 11.3. The zero-order chi connectivity index (χ0) is 9.07. The quantitative estimate of drug-likeness (QED) is 0.566. The molecule has 0 aliphatic rings. The Morgan fingerprint density at radius 1 is 0.833 bits per heavy atom. The van der Waals surface area contributed by atoms with Crippen LogP contribution in [0.15, 0.2) is 0 Å². The van der Waals surface area contributed by atoms with Gasteiger partial charge in [0.2, 0.25) is 0 Å². The molecule has 4 nitrogen and oxygen atoms in total. The maximum atomic E-state index is 5.15. The topological polar surface area (TPSA) is 36.9 Å². The van der Waals surface area contributed by atoms with Gasteiger partial charge in [-0.15, -0.1) is 0 Å². The summed E-state index contributed by atoms with van der Waals surface area (Å²) in [6.07, 6.45) is 0. The van der Waals surface area contributed by atoms with Crippen LogP contribution in [0.3, 0.4) is 0 Å². The van der Waals surface area contributed by atoms with Gasteiger partial charge in [-0.2, -0.15) is 0 Å². The largest absolute Gasteiger partial charge is 0.382 e. The van der Waals surface area contributed by atoms with Crippen LogP contribution in [0.1, 0.15) is 0 Å². The minimum absolute atomic E-state index is 0.554. The first-order chi connectivity index (χ1) is 5.91. The van der Waals surface area contributed by atoms with E-state index in [1.54, 1.807) is 7.11 Å². The third kappa shape index (κ3) is 10.3. The van der Waals surface area contributed by atoms with Crippen LogP contribution in [0.4, 0.5) is 0 Å². The molecule has 0 unspecified atom stereocenters. The molecular weight excluding hydrogens is 228 g/mol. The molecule has 0 aromatic carbocycles. The van der Waals surface area contributed by atoms with Crippen LogP contribution >= 0.6 is 16.3 Å². The molecule has 0 rings (SSSR count). The molecule has 0 saturated heterocycles. The zero-order valence-corrected chi connectivity index (χ0v) is 8.84. The summed E-state index contributed by atoms with van der Waals surface area (Å²) in [5.41, 5.74) is 0. The van der Waals surface area contributed by atoms with E-state index >= 15 is 0 Å². The number of methoxy groups -OCH3 is 1. The van der Waals surface area contributed by atoms with Crippen LogP contribution in [0.5, 0.6) is 0 Å². The van der Waals surface area contributed by atoms with Gasteiger partial charge in [-0.25, -0.2) is 0 Å². The Morgan fingerprint density at radius 3 is 1.83 bits per heavy atom. The number of halogens is 1. The Kier molecular flexibility index (Phi) is 11.6. The van der Waals surface area contributed by atoms with E-state index in [0.29, 0.717) is 39.6 Å². The molecule has 0 amide bonds. The van der Waals surface area contributed by atoms with Gasteiger partial charge in [-0.05, 0) is 0 Å². The van der Waals surface area contributed by atoms with Crippen molar-refractivity contribution in [3.63, 3.8) is 0 Å². The van der Waals surface area contributed by atoms with E-state index in [2.05, 4.69) is 20.1 Å². The van der Waals surface area contributed by atoms with Gasteiger partial charge in [0.15, 0.2) is 0 Å². The Morgan fingerprint density at radius 2 is 1.33 bits per heavy atom. The van der Waals surface area contributed by atoms with Crippen LogP contribution in [-0.2, 0) is 18.0 Å². The molecule has 0 N–H and O–H groups in total. The summed E-state index contributed by atoms with van der Waals surface area (Å²) in [7, 11) is 1.65. The van der Waals surface area contributed by atoms with E-state index in [1.165, 1.54) is 0 Å². The Bertz CT molecular complexity index is 71.8. The molecule has 0 spiro atoms. The molecule has 0 fully saturated rings. The van der Waals surface area contributed by atoms with Crippen LogP contribution in [-0.4, -0.2) is 46.8 Å². The maximum absolute atomic E-state index is 5.15. The lowest BCUT2D eigenvalue weighted by Crippen LogP contribution is -2.10. The summed E-state index contributed by atoms with van der Waals surface area (Å²) in [6.45, 7) is 3.59. The van der Waals surface area contributed by atoms with Crippen LogP contribution in [0.25, 0.3) is 0 Å². The predicted octanol–water partition coefficient (Wildman–Crippen LogP) is 0.993. The smallest absolute Gasteiger partial charge is 0.0988 e. The maximum Gasteiger partial charge on any atom is 0.0988 e. The highest BCUT2D eigenvalue weighted by molar-refractivity contribution is 9.06. The molecule has 0 heterocycles. The van der Waals surface area contributed by atoms with E-state index in [1.807, 2.05) is 0 Å². The molecular formula is C7H15BrO4. The minimum atomic E-state index is 0.554.